The van der Waals surface area contributed by atoms with Gasteiger partial charge >= 0.3 is 0 Å². The normalized spacial score (nSPS) is 18.3. The van der Waals surface area contributed by atoms with Crippen molar-refractivity contribution in [2.75, 3.05) is 63.8 Å². The van der Waals surface area contributed by atoms with Gasteiger partial charge in [0.05, 0.1) is 30.6 Å². The number of imide groups is 1. The third kappa shape index (κ3) is 9.40. The summed E-state index contributed by atoms with van der Waals surface area (Å²) in [4.78, 5) is 37.0. The third-order valence-corrected chi connectivity index (χ3v) is 10.2. The summed E-state index contributed by atoms with van der Waals surface area (Å²) >= 11 is 6.77. The number of aromatic nitrogens is 3. The molecule has 0 bridgehead atoms. The maximum absolute atomic E-state index is 15.2. The van der Waals surface area contributed by atoms with Crippen LogP contribution in [0.15, 0.2) is 84.3 Å². The lowest BCUT2D eigenvalue weighted by Crippen LogP contribution is -2.52. The van der Waals surface area contributed by atoms with Crippen LogP contribution in [0.4, 0.5) is 23.7 Å². The number of piperazine rings is 1. The molecule has 2 amide bonds. The fraction of sp³-hybridized carbons (Fsp3) is 0.333. The van der Waals surface area contributed by atoms with Crippen LogP contribution >= 0.6 is 23.4 Å². The minimum Gasteiger partial charge on any atom is -0.390 e. The summed E-state index contributed by atoms with van der Waals surface area (Å²) < 4.78 is 44.3. The number of benzene rings is 3. The van der Waals surface area contributed by atoms with Crippen LogP contribution in [0.3, 0.4) is 0 Å². The molecule has 3 heterocycles. The van der Waals surface area contributed by atoms with Crippen LogP contribution in [-0.4, -0.2) is 116 Å². The van der Waals surface area contributed by atoms with Gasteiger partial charge < -0.3 is 15.1 Å². The predicted molar refractivity (Wildman–Crippen MR) is 192 cm³/mol. The summed E-state index contributed by atoms with van der Waals surface area (Å²) in [6.45, 7) is 3.27. The highest BCUT2D eigenvalue weighted by Crippen LogP contribution is 2.33. The Bertz CT molecular complexity index is 1880. The molecule has 6 rings (SSSR count). The number of thioether (sulfide) groups is 1. The van der Waals surface area contributed by atoms with E-state index in [4.69, 9.17) is 11.6 Å². The standard InChI is InChI=1S/C36H37ClF3N7O4S/c37-26-3-1-25(2-4-26)17-33-34(49)47(35(50)52-33)20-30(48)19-44-13-11-43(12-14-44)15-16-45(29-8-5-27(38)6-9-29)21-36(51,22-46-24-41-23-42-46)31-10-7-28(39)18-32(31)40/h1-10,17-18,23-24,30,48,51H,11-16,19-22H2/b33-17-. The molecular formula is C36H37ClF3N7O4S. The van der Waals surface area contributed by atoms with Crippen molar-refractivity contribution < 1.29 is 33.0 Å². The molecule has 0 radical (unpaired) electrons. The summed E-state index contributed by atoms with van der Waals surface area (Å²) in [7, 11) is 0. The number of aliphatic hydroxyl groups is 2. The Balaban J connectivity index is 1.06. The maximum Gasteiger partial charge on any atom is 0.293 e. The first-order chi connectivity index (χ1) is 25.0. The van der Waals surface area contributed by atoms with Crippen molar-refractivity contribution in [1.82, 2.24) is 29.5 Å². The van der Waals surface area contributed by atoms with E-state index in [0.717, 1.165) is 34.4 Å². The summed E-state index contributed by atoms with van der Waals surface area (Å²) in [6.07, 6.45) is 3.36. The van der Waals surface area contributed by atoms with Gasteiger partial charge in [0.15, 0.2) is 0 Å². The fourth-order valence-electron chi connectivity index (χ4n) is 6.33. The number of carbonyl (C=O) groups excluding carboxylic acids is 2. The minimum atomic E-state index is -1.88. The Hall–Kier alpha value is -4.25. The zero-order chi connectivity index (χ0) is 36.8. The van der Waals surface area contributed by atoms with Crippen LogP contribution in [0.25, 0.3) is 6.08 Å². The van der Waals surface area contributed by atoms with Gasteiger partial charge in [-0.3, -0.25) is 24.3 Å². The monoisotopic (exact) mass is 755 g/mol. The Morgan fingerprint density at radius 1 is 0.942 bits per heavy atom. The van der Waals surface area contributed by atoms with Crippen molar-refractivity contribution in [2.45, 2.75) is 18.2 Å². The number of nitrogens with zero attached hydrogens (tertiary/aromatic N) is 7. The van der Waals surface area contributed by atoms with Gasteiger partial charge in [-0.2, -0.15) is 5.10 Å². The molecule has 4 aromatic rings. The number of hydrogen-bond acceptors (Lipinski definition) is 10. The molecule has 2 fully saturated rings. The third-order valence-electron chi connectivity index (χ3n) is 9.02. The van der Waals surface area contributed by atoms with Gasteiger partial charge in [0.1, 0.15) is 35.7 Å². The van der Waals surface area contributed by atoms with E-state index in [-0.39, 0.29) is 36.6 Å². The molecule has 2 atom stereocenters. The highest BCUT2D eigenvalue weighted by molar-refractivity contribution is 8.18. The molecule has 2 aliphatic heterocycles. The molecule has 2 aliphatic rings. The average Bonchev–Trinajstić information content (AvgIpc) is 3.71. The molecule has 16 heteroatoms. The molecule has 2 unspecified atom stereocenters. The summed E-state index contributed by atoms with van der Waals surface area (Å²) in [5.41, 5.74) is -0.664. The lowest BCUT2D eigenvalue weighted by molar-refractivity contribution is -0.123. The van der Waals surface area contributed by atoms with Crippen molar-refractivity contribution in [3.8, 4) is 0 Å². The Kier molecular flexibility index (Phi) is 12.0. The van der Waals surface area contributed by atoms with Crippen LogP contribution in [0.1, 0.15) is 11.1 Å². The lowest BCUT2D eigenvalue weighted by atomic mass is 9.92. The molecule has 3 aromatic carbocycles. The number of carbonyl (C=O) groups is 2. The number of anilines is 1. The lowest BCUT2D eigenvalue weighted by Gasteiger charge is -2.39. The van der Waals surface area contributed by atoms with Crippen molar-refractivity contribution in [2.24, 2.45) is 0 Å². The van der Waals surface area contributed by atoms with E-state index in [2.05, 4.69) is 19.9 Å². The zero-order valence-electron chi connectivity index (χ0n) is 28.0. The number of halogens is 4. The molecule has 2 saturated heterocycles. The van der Waals surface area contributed by atoms with E-state index < -0.39 is 40.3 Å². The summed E-state index contributed by atoms with van der Waals surface area (Å²) in [5, 5.41) is 27.1. The number of rotatable bonds is 14. The first-order valence-electron chi connectivity index (χ1n) is 16.6. The van der Waals surface area contributed by atoms with E-state index in [1.54, 1.807) is 42.5 Å². The van der Waals surface area contributed by atoms with E-state index >= 15 is 4.39 Å². The van der Waals surface area contributed by atoms with E-state index in [9.17, 15) is 28.6 Å². The summed E-state index contributed by atoms with van der Waals surface area (Å²) in [5.74, 6) is -2.57. The maximum atomic E-state index is 15.2. The van der Waals surface area contributed by atoms with Crippen molar-refractivity contribution in [1.29, 1.82) is 0 Å². The van der Waals surface area contributed by atoms with Crippen LogP contribution in [0.2, 0.25) is 5.02 Å². The largest absolute Gasteiger partial charge is 0.390 e. The molecule has 1 aromatic heterocycles. The zero-order valence-corrected chi connectivity index (χ0v) is 29.6. The van der Waals surface area contributed by atoms with Crippen LogP contribution in [0, 0.1) is 17.5 Å². The van der Waals surface area contributed by atoms with E-state index in [1.807, 2.05) is 4.90 Å². The first kappa shape index (κ1) is 37.5. The smallest absolute Gasteiger partial charge is 0.293 e. The highest BCUT2D eigenvalue weighted by atomic mass is 35.5. The van der Waals surface area contributed by atoms with Gasteiger partial charge in [-0.1, -0.05) is 29.8 Å². The highest BCUT2D eigenvalue weighted by Gasteiger charge is 2.38. The topological polar surface area (TPSA) is 118 Å². The van der Waals surface area contributed by atoms with E-state index in [0.29, 0.717) is 50.0 Å². The van der Waals surface area contributed by atoms with Gasteiger partial charge in [-0.25, -0.2) is 22.8 Å². The second kappa shape index (κ2) is 16.6. The second-order valence-electron chi connectivity index (χ2n) is 12.8. The molecular weight excluding hydrogens is 719 g/mol. The Morgan fingerprint density at radius 3 is 2.31 bits per heavy atom. The number of amides is 2. The Labute approximate surface area is 307 Å². The number of β-amino-alcohol motifs (C(OH)–C–C–N with tert-alkyl or cyclic N) is 1. The quantitative estimate of drug-likeness (QED) is 0.179. The first-order valence-corrected chi connectivity index (χ1v) is 17.8. The molecule has 2 N–H and O–H groups in total. The van der Waals surface area contributed by atoms with Gasteiger partial charge in [-0.05, 0) is 65.9 Å². The summed E-state index contributed by atoms with van der Waals surface area (Å²) in [6, 6.07) is 15.7. The number of aliphatic hydroxyl groups excluding tert-OH is 1. The van der Waals surface area contributed by atoms with Crippen molar-refractivity contribution in [3.63, 3.8) is 0 Å². The molecule has 52 heavy (non-hydrogen) atoms. The number of hydrogen-bond donors (Lipinski definition) is 2. The SMILES string of the molecule is O=C1S/C(=C\c2ccc(Cl)cc2)C(=O)N1CC(O)CN1CCN(CCN(CC(O)(Cn2cncn2)c2ccc(F)cc2F)c2ccc(F)cc2)CC1. The van der Waals surface area contributed by atoms with Crippen LogP contribution < -0.4 is 4.90 Å². The molecule has 0 aliphatic carbocycles. The average molecular weight is 756 g/mol. The predicted octanol–water partition coefficient (Wildman–Crippen LogP) is 4.46. The van der Waals surface area contributed by atoms with Gasteiger partial charge in [-0.15, -0.1) is 0 Å². The van der Waals surface area contributed by atoms with Crippen molar-refractivity contribution >= 4 is 46.3 Å². The van der Waals surface area contributed by atoms with Gasteiger partial charge in [0.2, 0.25) is 0 Å². The van der Waals surface area contributed by atoms with Gasteiger partial charge in [0, 0.05) is 68.2 Å². The fourth-order valence-corrected chi connectivity index (χ4v) is 7.30. The molecule has 11 nitrogen and oxygen atoms in total. The van der Waals surface area contributed by atoms with Crippen LogP contribution in [-0.2, 0) is 16.9 Å². The second-order valence-corrected chi connectivity index (χ2v) is 14.2. The van der Waals surface area contributed by atoms with E-state index in [1.165, 1.54) is 35.5 Å². The molecule has 0 saturated carbocycles. The molecule has 274 valence electrons. The molecule has 0 spiro atoms. The minimum absolute atomic E-state index is 0.117. The van der Waals surface area contributed by atoms with Crippen LogP contribution in [0.5, 0.6) is 0 Å². The van der Waals surface area contributed by atoms with Gasteiger partial charge in [0.25, 0.3) is 11.1 Å². The van der Waals surface area contributed by atoms with Crippen molar-refractivity contribution in [3.05, 3.63) is 118 Å². The Morgan fingerprint density at radius 2 is 1.63 bits per heavy atom.